The number of aryl methyl sites for hydroxylation is 2. The maximum Gasteiger partial charge on any atom is 0.433 e. The molecule has 11 heteroatoms. The molecule has 0 spiro atoms. The van der Waals surface area contributed by atoms with Crippen molar-refractivity contribution in [3.8, 4) is 0 Å². The summed E-state index contributed by atoms with van der Waals surface area (Å²) in [5, 5.41) is 0.892. The number of carbonyl (C=O) groups is 1. The van der Waals surface area contributed by atoms with E-state index in [1.54, 1.807) is 29.5 Å². The van der Waals surface area contributed by atoms with Crippen molar-refractivity contribution in [3.05, 3.63) is 56.6 Å². The van der Waals surface area contributed by atoms with Crippen LogP contribution in [-0.4, -0.2) is 51.6 Å². The zero-order valence-corrected chi connectivity index (χ0v) is 18.8. The summed E-state index contributed by atoms with van der Waals surface area (Å²) in [5.74, 6) is -0.270. The molecular weight excluding hydrogens is 468 g/mol. The smallest absolute Gasteiger partial charge is 0.378 e. The minimum atomic E-state index is -4.55. The Balaban J connectivity index is 1.73. The van der Waals surface area contributed by atoms with E-state index < -0.39 is 11.9 Å². The van der Waals surface area contributed by atoms with Crippen molar-refractivity contribution in [2.75, 3.05) is 26.3 Å². The minimum Gasteiger partial charge on any atom is -0.378 e. The van der Waals surface area contributed by atoms with Crippen LogP contribution in [0.4, 0.5) is 13.2 Å². The van der Waals surface area contributed by atoms with Crippen molar-refractivity contribution in [2.45, 2.75) is 19.5 Å². The number of amides is 1. The van der Waals surface area contributed by atoms with E-state index in [2.05, 4.69) is 9.97 Å². The van der Waals surface area contributed by atoms with Gasteiger partial charge < -0.3 is 14.2 Å². The molecule has 0 N–H and O–H groups in total. The second kappa shape index (κ2) is 8.53. The zero-order valence-electron chi connectivity index (χ0n) is 17.3. The number of morpholine rings is 1. The quantitative estimate of drug-likeness (QED) is 0.505. The van der Waals surface area contributed by atoms with E-state index in [9.17, 15) is 18.0 Å². The first-order valence-corrected chi connectivity index (χ1v) is 10.6. The van der Waals surface area contributed by atoms with Crippen LogP contribution in [0.5, 0.6) is 0 Å². The predicted octanol–water partition coefficient (Wildman–Crippen LogP) is 4.67. The molecule has 1 fully saturated rings. The van der Waals surface area contributed by atoms with Crippen molar-refractivity contribution in [3.63, 3.8) is 0 Å². The van der Waals surface area contributed by atoms with Gasteiger partial charge in [-0.05, 0) is 24.6 Å². The van der Waals surface area contributed by atoms with E-state index in [0.29, 0.717) is 48.5 Å². The van der Waals surface area contributed by atoms with Gasteiger partial charge in [0.15, 0.2) is 0 Å². The third-order valence-electron chi connectivity index (χ3n) is 5.54. The van der Waals surface area contributed by atoms with Crippen molar-refractivity contribution in [1.82, 2.24) is 19.4 Å². The number of fused-ring (bicyclic) bond motifs is 1. The first-order valence-electron chi connectivity index (χ1n) is 9.81. The predicted molar refractivity (Wildman–Crippen MR) is 114 cm³/mol. The van der Waals surface area contributed by atoms with Gasteiger partial charge in [0.2, 0.25) is 0 Å². The average molecular weight is 487 g/mol. The molecule has 4 rings (SSSR count). The number of alkyl halides is 3. The van der Waals surface area contributed by atoms with Crippen molar-refractivity contribution >= 4 is 40.1 Å². The molecule has 0 unspecified atom stereocenters. The van der Waals surface area contributed by atoms with Gasteiger partial charge in [-0.1, -0.05) is 23.2 Å². The van der Waals surface area contributed by atoms with Crippen LogP contribution in [0.25, 0.3) is 11.0 Å². The molecule has 6 nitrogen and oxygen atoms in total. The molecule has 0 atom stereocenters. The molecular formula is C21H19Cl2F3N4O2. The Hall–Kier alpha value is -2.36. The maximum atomic E-state index is 13.2. The maximum absolute atomic E-state index is 13.2. The van der Waals surface area contributed by atoms with Crippen LogP contribution in [0.3, 0.4) is 0 Å². The lowest BCUT2D eigenvalue weighted by Gasteiger charge is -2.27. The molecule has 0 radical (unpaired) electrons. The molecule has 1 aliphatic heterocycles. The van der Waals surface area contributed by atoms with Gasteiger partial charge in [-0.15, -0.1) is 0 Å². The summed E-state index contributed by atoms with van der Waals surface area (Å²) in [6.45, 7) is 3.39. The summed E-state index contributed by atoms with van der Waals surface area (Å²) >= 11 is 12.9. The Morgan fingerprint density at radius 1 is 1.22 bits per heavy atom. The Morgan fingerprint density at radius 3 is 2.56 bits per heavy atom. The molecule has 1 amide bonds. The van der Waals surface area contributed by atoms with E-state index >= 15 is 0 Å². The number of hydrogen-bond donors (Lipinski definition) is 0. The van der Waals surface area contributed by atoms with Crippen molar-refractivity contribution in [2.24, 2.45) is 7.05 Å². The van der Waals surface area contributed by atoms with Crippen LogP contribution in [0.1, 0.15) is 32.9 Å². The highest BCUT2D eigenvalue weighted by atomic mass is 35.5. The van der Waals surface area contributed by atoms with Gasteiger partial charge in [0, 0.05) is 49.4 Å². The number of pyridine rings is 2. The molecule has 1 aliphatic rings. The van der Waals surface area contributed by atoms with E-state index in [1.165, 1.54) is 6.20 Å². The summed E-state index contributed by atoms with van der Waals surface area (Å²) in [6, 6.07) is 2.77. The molecule has 0 bridgehead atoms. The third-order valence-corrected chi connectivity index (χ3v) is 6.30. The van der Waals surface area contributed by atoms with Crippen molar-refractivity contribution in [1.29, 1.82) is 0 Å². The first-order chi connectivity index (χ1) is 15.1. The fourth-order valence-corrected chi connectivity index (χ4v) is 4.29. The van der Waals surface area contributed by atoms with E-state index in [0.717, 1.165) is 6.07 Å². The SMILES string of the molecule is Cc1cc(C(F)(F)F)nc2c1cc(Cc1c(Cl)ncc(C(=O)N3CCOCC3)c1Cl)n2C. The second-order valence-corrected chi connectivity index (χ2v) is 8.33. The second-order valence-electron chi connectivity index (χ2n) is 7.59. The Labute approximate surface area is 191 Å². The monoisotopic (exact) mass is 486 g/mol. The Kier molecular flexibility index (Phi) is 6.08. The molecule has 0 aromatic carbocycles. The normalized spacial score (nSPS) is 14.9. The van der Waals surface area contributed by atoms with Gasteiger partial charge >= 0.3 is 6.18 Å². The summed E-state index contributed by atoms with van der Waals surface area (Å²) in [4.78, 5) is 22.5. The van der Waals surface area contributed by atoms with Gasteiger partial charge in [0.25, 0.3) is 5.91 Å². The van der Waals surface area contributed by atoms with Crippen LogP contribution >= 0.6 is 23.2 Å². The highest BCUT2D eigenvalue weighted by Crippen LogP contribution is 2.34. The third kappa shape index (κ3) is 4.16. The number of ether oxygens (including phenoxy) is 1. The molecule has 1 saturated heterocycles. The molecule has 32 heavy (non-hydrogen) atoms. The van der Waals surface area contributed by atoms with Gasteiger partial charge in [-0.3, -0.25) is 4.79 Å². The molecule has 3 aromatic heterocycles. The van der Waals surface area contributed by atoms with Gasteiger partial charge in [-0.2, -0.15) is 13.2 Å². The lowest BCUT2D eigenvalue weighted by Crippen LogP contribution is -2.40. The number of carbonyl (C=O) groups excluding carboxylic acids is 1. The van der Waals surface area contributed by atoms with Crippen LogP contribution in [0, 0.1) is 6.92 Å². The average Bonchev–Trinajstić information content (AvgIpc) is 3.07. The van der Waals surface area contributed by atoms with Gasteiger partial charge in [0.1, 0.15) is 16.5 Å². The summed E-state index contributed by atoms with van der Waals surface area (Å²) in [6.07, 6.45) is -3.04. The number of nitrogens with zero attached hydrogens (tertiary/aromatic N) is 4. The van der Waals surface area contributed by atoms with Crippen LogP contribution < -0.4 is 0 Å². The topological polar surface area (TPSA) is 60.3 Å². The molecule has 4 heterocycles. The van der Waals surface area contributed by atoms with E-state index in [-0.39, 0.29) is 33.7 Å². The minimum absolute atomic E-state index is 0.124. The standard InChI is InChI=1S/C21H19Cl2F3N4O2/c1-11-7-16(21(24,25)26)28-19-13(11)8-12(29(19)2)9-14-17(22)15(10-27-18(14)23)20(31)30-3-5-32-6-4-30/h7-8,10H,3-6,9H2,1-2H3. The van der Waals surface area contributed by atoms with Crippen LogP contribution in [-0.2, 0) is 24.4 Å². The number of halogens is 5. The first kappa shape index (κ1) is 22.8. The highest BCUT2D eigenvalue weighted by Gasteiger charge is 2.33. The van der Waals surface area contributed by atoms with E-state index in [1.807, 2.05) is 0 Å². The van der Waals surface area contributed by atoms with Crippen LogP contribution in [0.15, 0.2) is 18.3 Å². The summed E-state index contributed by atoms with van der Waals surface area (Å²) < 4.78 is 46.5. The molecule has 0 saturated carbocycles. The number of rotatable bonds is 3. The summed E-state index contributed by atoms with van der Waals surface area (Å²) in [5.41, 5.74) is 0.985. The van der Waals surface area contributed by atoms with Gasteiger partial charge in [0.05, 0.1) is 23.8 Å². The molecule has 3 aromatic rings. The van der Waals surface area contributed by atoms with Crippen molar-refractivity contribution < 1.29 is 22.7 Å². The fraction of sp³-hybridized carbons (Fsp3) is 0.381. The lowest BCUT2D eigenvalue weighted by atomic mass is 10.1. The Bertz CT molecular complexity index is 1200. The highest BCUT2D eigenvalue weighted by molar-refractivity contribution is 6.37. The zero-order chi connectivity index (χ0) is 23.2. The largest absolute Gasteiger partial charge is 0.433 e. The number of aromatic nitrogens is 3. The lowest BCUT2D eigenvalue weighted by molar-refractivity contribution is -0.141. The molecule has 0 aliphatic carbocycles. The van der Waals surface area contributed by atoms with Crippen LogP contribution in [0.2, 0.25) is 10.2 Å². The van der Waals surface area contributed by atoms with Gasteiger partial charge in [-0.25, -0.2) is 9.97 Å². The molecule has 170 valence electrons. The number of hydrogen-bond acceptors (Lipinski definition) is 4. The summed E-state index contributed by atoms with van der Waals surface area (Å²) in [7, 11) is 1.63. The fourth-order valence-electron chi connectivity index (χ4n) is 3.74. The van der Waals surface area contributed by atoms with E-state index in [4.69, 9.17) is 27.9 Å². The Morgan fingerprint density at radius 2 is 1.91 bits per heavy atom.